The second kappa shape index (κ2) is 6.37. The number of rotatable bonds is 3. The number of fused-ring (bicyclic) bond motifs is 1. The van der Waals surface area contributed by atoms with Crippen molar-refractivity contribution in [3.8, 4) is 0 Å². The van der Waals surface area contributed by atoms with Gasteiger partial charge >= 0.3 is 6.18 Å². The number of alkyl halides is 4. The minimum atomic E-state index is -4.35. The molecule has 1 saturated carbocycles. The first kappa shape index (κ1) is 18.0. The van der Waals surface area contributed by atoms with Crippen molar-refractivity contribution in [3.63, 3.8) is 0 Å². The van der Waals surface area contributed by atoms with Gasteiger partial charge in [-0.1, -0.05) is 0 Å². The highest BCUT2D eigenvalue weighted by atomic mass is 32.1. The van der Waals surface area contributed by atoms with Crippen LogP contribution in [0.3, 0.4) is 0 Å². The van der Waals surface area contributed by atoms with Crippen LogP contribution in [0, 0.1) is 11.8 Å². The maximum atomic E-state index is 13.9. The van der Waals surface area contributed by atoms with Crippen molar-refractivity contribution in [1.82, 2.24) is 4.90 Å². The molecular formula is C17H21F4N3OS. The number of nitrogens with zero attached hydrogens (tertiary/aromatic N) is 2. The molecule has 1 aromatic heterocycles. The Balaban J connectivity index is 1.53. The van der Waals surface area contributed by atoms with Gasteiger partial charge in [0.2, 0.25) is 5.91 Å². The van der Waals surface area contributed by atoms with E-state index in [0.717, 1.165) is 12.8 Å². The third-order valence-electron chi connectivity index (χ3n) is 6.10. The molecule has 2 saturated heterocycles. The predicted molar refractivity (Wildman–Crippen MR) is 90.7 cm³/mol. The van der Waals surface area contributed by atoms with Gasteiger partial charge < -0.3 is 10.6 Å². The van der Waals surface area contributed by atoms with Crippen LogP contribution in [0.1, 0.15) is 24.1 Å². The summed E-state index contributed by atoms with van der Waals surface area (Å²) in [6.45, 7) is 1.27. The first-order valence-electron chi connectivity index (χ1n) is 8.84. The average molecular weight is 391 g/mol. The molecule has 4 nitrogen and oxygen atoms in total. The molecule has 26 heavy (non-hydrogen) atoms. The molecule has 144 valence electrons. The van der Waals surface area contributed by atoms with Gasteiger partial charge in [0, 0.05) is 32.1 Å². The minimum absolute atomic E-state index is 0.0104. The fraction of sp³-hybridized carbons (Fsp3) is 0.706. The zero-order chi connectivity index (χ0) is 18.6. The summed E-state index contributed by atoms with van der Waals surface area (Å²) in [5.74, 6) is -0.100. The largest absolute Gasteiger partial charge is 0.427 e. The van der Waals surface area contributed by atoms with E-state index in [-0.39, 0.29) is 36.5 Å². The molecule has 1 aliphatic carbocycles. The molecule has 5 atom stereocenters. The number of halogens is 4. The predicted octanol–water partition coefficient (Wildman–Crippen LogP) is 2.88. The van der Waals surface area contributed by atoms with Crippen LogP contribution in [0.25, 0.3) is 0 Å². The van der Waals surface area contributed by atoms with Crippen molar-refractivity contribution >= 4 is 22.9 Å². The molecule has 1 unspecified atom stereocenters. The SMILES string of the molecule is NC(=O)[C@@H]1C[C@H](F)CN1C1CC[C@@H]2CN(c3ccsc3C(F)(F)F)C[C@H]12. The summed E-state index contributed by atoms with van der Waals surface area (Å²) >= 11 is 0.714. The lowest BCUT2D eigenvalue weighted by molar-refractivity contribution is -0.134. The van der Waals surface area contributed by atoms with Crippen LogP contribution in [0.4, 0.5) is 23.2 Å². The summed E-state index contributed by atoms with van der Waals surface area (Å²) < 4.78 is 53.5. The van der Waals surface area contributed by atoms with Gasteiger partial charge in [-0.2, -0.15) is 13.2 Å². The van der Waals surface area contributed by atoms with Gasteiger partial charge in [0.25, 0.3) is 0 Å². The Morgan fingerprint density at radius 1 is 1.23 bits per heavy atom. The van der Waals surface area contributed by atoms with E-state index in [9.17, 15) is 22.4 Å². The van der Waals surface area contributed by atoms with Gasteiger partial charge in [0.05, 0.1) is 11.7 Å². The maximum absolute atomic E-state index is 13.9. The van der Waals surface area contributed by atoms with Gasteiger partial charge in [0.15, 0.2) is 0 Å². The molecular weight excluding hydrogens is 370 g/mol. The quantitative estimate of drug-likeness (QED) is 0.807. The number of likely N-dealkylation sites (tertiary alicyclic amines) is 1. The first-order chi connectivity index (χ1) is 12.3. The van der Waals surface area contributed by atoms with E-state index in [1.165, 1.54) is 11.4 Å². The molecule has 2 aliphatic heterocycles. The first-order valence-corrected chi connectivity index (χ1v) is 9.72. The third-order valence-corrected chi connectivity index (χ3v) is 7.05. The molecule has 0 spiro atoms. The number of carbonyl (C=O) groups excluding carboxylic acids is 1. The number of anilines is 1. The number of hydrogen-bond acceptors (Lipinski definition) is 4. The summed E-state index contributed by atoms with van der Waals surface area (Å²) in [5, 5.41) is 1.47. The summed E-state index contributed by atoms with van der Waals surface area (Å²) in [6, 6.07) is 0.939. The van der Waals surface area contributed by atoms with Gasteiger partial charge in [0.1, 0.15) is 11.0 Å². The van der Waals surface area contributed by atoms with Crippen molar-refractivity contribution in [2.24, 2.45) is 17.6 Å². The highest BCUT2D eigenvalue weighted by Crippen LogP contribution is 2.47. The standard InChI is InChI=1S/C17H21F4N3OS/c18-10-5-14(16(22)25)24(7-10)12-2-1-9-6-23(8-11(9)12)13-3-4-26-15(13)17(19,20)21/h3-4,9-12,14H,1-2,5-8H2,(H2,22,25)/t9-,10+,11+,12?,14+/m1/s1. The molecule has 3 fully saturated rings. The summed E-state index contributed by atoms with van der Waals surface area (Å²) in [6.07, 6.45) is -3.58. The van der Waals surface area contributed by atoms with E-state index in [4.69, 9.17) is 5.73 Å². The molecule has 4 rings (SSSR count). The van der Waals surface area contributed by atoms with Crippen molar-refractivity contribution < 1.29 is 22.4 Å². The van der Waals surface area contributed by atoms with Crippen LogP contribution >= 0.6 is 11.3 Å². The lowest BCUT2D eigenvalue weighted by Crippen LogP contribution is -2.48. The number of primary amides is 1. The Labute approximate surface area is 152 Å². The normalized spacial score (nSPS) is 35.2. The molecule has 0 aromatic carbocycles. The van der Waals surface area contributed by atoms with Crippen molar-refractivity contribution in [2.45, 2.75) is 43.7 Å². The zero-order valence-corrected chi connectivity index (χ0v) is 14.9. The maximum Gasteiger partial charge on any atom is 0.427 e. The summed E-state index contributed by atoms with van der Waals surface area (Å²) in [5.41, 5.74) is 5.69. The van der Waals surface area contributed by atoms with Crippen molar-refractivity contribution in [1.29, 1.82) is 0 Å². The molecule has 1 aromatic rings. The number of hydrogen-bond donors (Lipinski definition) is 1. The van der Waals surface area contributed by atoms with Crippen LogP contribution in [0.5, 0.6) is 0 Å². The second-order valence-electron chi connectivity index (χ2n) is 7.55. The van der Waals surface area contributed by atoms with E-state index in [1.807, 2.05) is 9.80 Å². The Bertz CT molecular complexity index is 694. The average Bonchev–Trinajstić information content (AvgIpc) is 3.27. The second-order valence-corrected chi connectivity index (χ2v) is 8.47. The number of carbonyl (C=O) groups is 1. The highest BCUT2D eigenvalue weighted by molar-refractivity contribution is 7.10. The van der Waals surface area contributed by atoms with Gasteiger partial charge in [-0.3, -0.25) is 9.69 Å². The molecule has 0 bridgehead atoms. The molecule has 0 radical (unpaired) electrons. The number of nitrogens with two attached hydrogens (primary N) is 1. The molecule has 2 N–H and O–H groups in total. The van der Waals surface area contributed by atoms with E-state index < -0.39 is 29.2 Å². The molecule has 3 heterocycles. The monoisotopic (exact) mass is 391 g/mol. The Kier molecular flexibility index (Phi) is 4.42. The smallest absolute Gasteiger partial charge is 0.370 e. The Morgan fingerprint density at radius 2 is 2.00 bits per heavy atom. The lowest BCUT2D eigenvalue weighted by Gasteiger charge is -2.33. The lowest BCUT2D eigenvalue weighted by atomic mass is 9.96. The van der Waals surface area contributed by atoms with E-state index >= 15 is 0 Å². The van der Waals surface area contributed by atoms with Gasteiger partial charge in [-0.25, -0.2) is 4.39 Å². The molecule has 1 amide bonds. The van der Waals surface area contributed by atoms with Crippen LogP contribution in [0.15, 0.2) is 11.4 Å². The zero-order valence-electron chi connectivity index (χ0n) is 14.1. The summed E-state index contributed by atoms with van der Waals surface area (Å²) in [7, 11) is 0. The van der Waals surface area contributed by atoms with Gasteiger partial charge in [-0.15, -0.1) is 11.3 Å². The van der Waals surface area contributed by atoms with Crippen LogP contribution in [0.2, 0.25) is 0 Å². The fourth-order valence-electron chi connectivity index (χ4n) is 5.06. The minimum Gasteiger partial charge on any atom is -0.370 e. The molecule has 3 aliphatic rings. The highest BCUT2D eigenvalue weighted by Gasteiger charge is 2.50. The third kappa shape index (κ3) is 2.98. The van der Waals surface area contributed by atoms with E-state index in [0.29, 0.717) is 24.4 Å². The van der Waals surface area contributed by atoms with Crippen LogP contribution in [-0.2, 0) is 11.0 Å². The van der Waals surface area contributed by atoms with Crippen LogP contribution in [-0.4, -0.2) is 48.7 Å². The molecule has 9 heteroatoms. The Morgan fingerprint density at radius 3 is 2.69 bits per heavy atom. The van der Waals surface area contributed by atoms with Crippen LogP contribution < -0.4 is 10.6 Å². The topological polar surface area (TPSA) is 49.6 Å². The van der Waals surface area contributed by atoms with E-state index in [2.05, 4.69) is 0 Å². The van der Waals surface area contributed by atoms with Gasteiger partial charge in [-0.05, 0) is 36.1 Å². The fourth-order valence-corrected chi connectivity index (χ4v) is 5.85. The number of amides is 1. The van der Waals surface area contributed by atoms with Crippen molar-refractivity contribution in [2.75, 3.05) is 24.5 Å². The number of thiophene rings is 1. The summed E-state index contributed by atoms with van der Waals surface area (Å²) in [4.78, 5) is 14.8. The van der Waals surface area contributed by atoms with E-state index in [1.54, 1.807) is 0 Å². The Hall–Kier alpha value is -1.35. The van der Waals surface area contributed by atoms with Crippen molar-refractivity contribution in [3.05, 3.63) is 16.3 Å².